The lowest BCUT2D eigenvalue weighted by molar-refractivity contribution is -0.165. The van der Waals surface area contributed by atoms with Crippen LogP contribution in [0.4, 0.5) is 0 Å². The Morgan fingerprint density at radius 3 is 0.833 bits per heavy atom. The largest absolute Gasteiger partial charge is 0.481 e. The zero-order chi connectivity index (χ0) is 20.0. The first-order valence-electron chi connectivity index (χ1n) is 5.45. The van der Waals surface area contributed by atoms with E-state index in [0.717, 1.165) is 0 Å². The molecule has 0 heterocycles. The van der Waals surface area contributed by atoms with E-state index in [9.17, 15) is 19.2 Å². The van der Waals surface area contributed by atoms with Gasteiger partial charge in [-0.25, -0.2) is 19.2 Å². The SMILES string of the molecule is O=C(O)C(=O)O.O=C(O)C(O)C(O)C(=O)O.O=C(O)CCC(=O)O. The maximum Gasteiger partial charge on any atom is 0.414 e. The Morgan fingerprint density at radius 2 is 0.750 bits per heavy atom. The van der Waals surface area contributed by atoms with Crippen LogP contribution in [0.3, 0.4) is 0 Å². The predicted molar refractivity (Wildman–Crippen MR) is 67.1 cm³/mol. The van der Waals surface area contributed by atoms with E-state index in [2.05, 4.69) is 0 Å². The third-order valence-electron chi connectivity index (χ3n) is 1.54. The molecule has 8 N–H and O–H groups in total. The highest BCUT2D eigenvalue weighted by atomic mass is 16.4. The molecule has 2 atom stereocenters. The van der Waals surface area contributed by atoms with Crippen molar-refractivity contribution in [2.45, 2.75) is 25.0 Å². The van der Waals surface area contributed by atoms with Crippen molar-refractivity contribution in [2.24, 2.45) is 0 Å². The third kappa shape index (κ3) is 18.7. The van der Waals surface area contributed by atoms with Crippen LogP contribution in [0.25, 0.3) is 0 Å². The van der Waals surface area contributed by atoms with Crippen LogP contribution >= 0.6 is 0 Å². The quantitative estimate of drug-likeness (QED) is 0.219. The predicted octanol–water partition coefficient (Wildman–Crippen LogP) is -3.03. The molecule has 2 unspecified atom stereocenters. The summed E-state index contributed by atoms with van der Waals surface area (Å²) in [5.74, 6) is -9.34. The zero-order valence-corrected chi connectivity index (χ0v) is 11.6. The number of hydrogen-bond acceptors (Lipinski definition) is 8. The van der Waals surface area contributed by atoms with Crippen LogP contribution in [0.5, 0.6) is 0 Å². The van der Waals surface area contributed by atoms with Crippen LogP contribution in [-0.2, 0) is 28.8 Å². The van der Waals surface area contributed by atoms with Crippen molar-refractivity contribution < 1.29 is 69.6 Å². The lowest BCUT2D eigenvalue weighted by atomic mass is 10.2. The zero-order valence-electron chi connectivity index (χ0n) is 11.6. The second-order valence-electron chi connectivity index (χ2n) is 3.46. The molecule has 0 rings (SSSR count). The number of aliphatic hydroxyl groups excluding tert-OH is 2. The van der Waals surface area contributed by atoms with Crippen LogP contribution in [0.1, 0.15) is 12.8 Å². The van der Waals surface area contributed by atoms with E-state index in [4.69, 9.17) is 50.4 Å². The average Bonchev–Trinajstić information content (AvgIpc) is 2.44. The molecular formula is C10H14O14. The second-order valence-corrected chi connectivity index (χ2v) is 3.46. The first kappa shape index (κ1) is 25.7. The Bertz CT molecular complexity index is 436. The summed E-state index contributed by atoms with van der Waals surface area (Å²) in [6.45, 7) is 0. The summed E-state index contributed by atoms with van der Waals surface area (Å²) in [6.07, 6.45) is -5.13. The van der Waals surface area contributed by atoms with Gasteiger partial charge < -0.3 is 40.9 Å². The fourth-order valence-electron chi connectivity index (χ4n) is 0.484. The van der Waals surface area contributed by atoms with Crippen molar-refractivity contribution in [3.63, 3.8) is 0 Å². The van der Waals surface area contributed by atoms with Crippen LogP contribution in [0.2, 0.25) is 0 Å². The number of aliphatic carboxylic acids is 6. The molecule has 0 aliphatic rings. The summed E-state index contributed by atoms with van der Waals surface area (Å²) < 4.78 is 0. The molecule has 0 aromatic heterocycles. The lowest BCUT2D eigenvalue weighted by Gasteiger charge is -2.07. The van der Waals surface area contributed by atoms with E-state index < -0.39 is 48.0 Å². The van der Waals surface area contributed by atoms with Gasteiger partial charge in [0.1, 0.15) is 0 Å². The van der Waals surface area contributed by atoms with Crippen LogP contribution in [0, 0.1) is 0 Å². The third-order valence-corrected chi connectivity index (χ3v) is 1.54. The highest BCUT2D eigenvalue weighted by Gasteiger charge is 2.29. The molecule has 0 bridgehead atoms. The van der Waals surface area contributed by atoms with Gasteiger partial charge in [0.15, 0.2) is 12.2 Å². The summed E-state index contributed by atoms with van der Waals surface area (Å²) in [5.41, 5.74) is 0. The maximum absolute atomic E-state index is 9.77. The smallest absolute Gasteiger partial charge is 0.414 e. The monoisotopic (exact) mass is 358 g/mol. The molecule has 24 heavy (non-hydrogen) atoms. The van der Waals surface area contributed by atoms with Crippen LogP contribution in [-0.4, -0.2) is 88.9 Å². The summed E-state index contributed by atoms with van der Waals surface area (Å²) in [4.78, 5) is 57.0. The van der Waals surface area contributed by atoms with Crippen molar-refractivity contribution in [1.82, 2.24) is 0 Å². The van der Waals surface area contributed by atoms with Gasteiger partial charge in [-0.1, -0.05) is 0 Å². The minimum Gasteiger partial charge on any atom is -0.481 e. The molecule has 0 spiro atoms. The first-order chi connectivity index (χ1) is 10.7. The summed E-state index contributed by atoms with van der Waals surface area (Å²) in [7, 11) is 0. The average molecular weight is 358 g/mol. The van der Waals surface area contributed by atoms with E-state index in [0.29, 0.717) is 0 Å². The van der Waals surface area contributed by atoms with E-state index >= 15 is 0 Å². The highest BCUT2D eigenvalue weighted by molar-refractivity contribution is 6.27. The van der Waals surface area contributed by atoms with Crippen molar-refractivity contribution in [1.29, 1.82) is 0 Å². The molecule has 138 valence electrons. The normalized spacial score (nSPS) is 11.2. The molecule has 14 nitrogen and oxygen atoms in total. The number of hydrogen-bond donors (Lipinski definition) is 8. The Hall–Kier alpha value is -3.26. The standard InChI is InChI=1S/C4H6O6.C4H6O4.C2H2O4/c5-1(3(7)8)2(6)4(9)10;5-3(6)1-2-4(7)8;3-1(4)2(5)6/h1-2,5-6H,(H,7,8)(H,9,10);1-2H2,(H,5,6)(H,7,8);(H,3,4)(H,5,6). The molecule has 0 fully saturated rings. The van der Waals surface area contributed by atoms with Crippen molar-refractivity contribution >= 4 is 35.8 Å². The molecule has 0 aromatic rings. The topological polar surface area (TPSA) is 264 Å². The van der Waals surface area contributed by atoms with E-state index in [1.807, 2.05) is 0 Å². The van der Waals surface area contributed by atoms with Gasteiger partial charge in [-0.3, -0.25) is 9.59 Å². The lowest BCUT2D eigenvalue weighted by Crippen LogP contribution is -2.39. The van der Waals surface area contributed by atoms with Crippen LogP contribution < -0.4 is 0 Å². The molecule has 0 amide bonds. The molecule has 0 radical (unpaired) electrons. The number of carboxylic acids is 6. The van der Waals surface area contributed by atoms with Gasteiger partial charge in [-0.05, 0) is 0 Å². The number of carbonyl (C=O) groups is 6. The summed E-state index contributed by atoms with van der Waals surface area (Å²) in [5, 5.41) is 63.1. The summed E-state index contributed by atoms with van der Waals surface area (Å²) in [6, 6.07) is 0. The fourth-order valence-corrected chi connectivity index (χ4v) is 0.484. The van der Waals surface area contributed by atoms with Gasteiger partial charge in [0, 0.05) is 0 Å². The Kier molecular flexibility index (Phi) is 14.3. The molecule has 0 saturated heterocycles. The van der Waals surface area contributed by atoms with Gasteiger partial charge in [-0.2, -0.15) is 0 Å². The molecule has 0 aliphatic heterocycles. The van der Waals surface area contributed by atoms with Gasteiger partial charge in [0.2, 0.25) is 0 Å². The van der Waals surface area contributed by atoms with E-state index in [-0.39, 0.29) is 12.8 Å². The second kappa shape index (κ2) is 13.4. The van der Waals surface area contributed by atoms with Crippen molar-refractivity contribution in [3.05, 3.63) is 0 Å². The highest BCUT2D eigenvalue weighted by Crippen LogP contribution is 1.92. The molecular weight excluding hydrogens is 344 g/mol. The molecule has 0 aromatic carbocycles. The van der Waals surface area contributed by atoms with Crippen molar-refractivity contribution in [3.8, 4) is 0 Å². The Labute approximate surface area is 131 Å². The number of carboxylic acid groups (broad SMARTS) is 6. The maximum atomic E-state index is 9.77. The van der Waals surface area contributed by atoms with E-state index in [1.54, 1.807) is 0 Å². The molecule has 0 saturated carbocycles. The Morgan fingerprint density at radius 1 is 0.542 bits per heavy atom. The molecule has 0 aliphatic carbocycles. The Balaban J connectivity index is -0.000000285. The number of rotatable bonds is 6. The minimum atomic E-state index is -2.27. The number of aliphatic hydroxyl groups is 2. The van der Waals surface area contributed by atoms with Gasteiger partial charge in [0.05, 0.1) is 12.8 Å². The fraction of sp³-hybridized carbons (Fsp3) is 0.400. The summed E-state index contributed by atoms with van der Waals surface area (Å²) >= 11 is 0. The van der Waals surface area contributed by atoms with Gasteiger partial charge >= 0.3 is 35.8 Å². The molecule has 14 heteroatoms. The van der Waals surface area contributed by atoms with Gasteiger partial charge in [0.25, 0.3) is 0 Å². The van der Waals surface area contributed by atoms with Crippen molar-refractivity contribution in [2.75, 3.05) is 0 Å². The van der Waals surface area contributed by atoms with Crippen LogP contribution in [0.15, 0.2) is 0 Å². The minimum absolute atomic E-state index is 0.296. The van der Waals surface area contributed by atoms with E-state index in [1.165, 1.54) is 0 Å². The first-order valence-corrected chi connectivity index (χ1v) is 5.45. The van der Waals surface area contributed by atoms with Gasteiger partial charge in [-0.15, -0.1) is 0 Å².